The van der Waals surface area contributed by atoms with E-state index in [0.717, 1.165) is 10.2 Å². The molecule has 0 aliphatic carbocycles. The van der Waals surface area contributed by atoms with Crippen molar-refractivity contribution in [1.29, 1.82) is 0 Å². The summed E-state index contributed by atoms with van der Waals surface area (Å²) in [6.45, 7) is 0.144. The predicted octanol–water partition coefficient (Wildman–Crippen LogP) is 1.61. The smallest absolute Gasteiger partial charge is 0.271 e. The van der Waals surface area contributed by atoms with Gasteiger partial charge in [0.1, 0.15) is 5.56 Å². The average molecular weight is 297 g/mol. The zero-order valence-corrected chi connectivity index (χ0v) is 12.1. The van der Waals surface area contributed by atoms with Gasteiger partial charge in [0.25, 0.3) is 11.5 Å². The van der Waals surface area contributed by atoms with Crippen LogP contribution in [0.4, 0.5) is 0 Å². The van der Waals surface area contributed by atoms with Crippen LogP contribution in [0.5, 0.6) is 0 Å². The lowest BCUT2D eigenvalue weighted by molar-refractivity contribution is 0.0810. The van der Waals surface area contributed by atoms with Crippen LogP contribution in [0.25, 0.3) is 15.2 Å². The van der Waals surface area contributed by atoms with Crippen molar-refractivity contribution >= 4 is 32.4 Å². The molecule has 0 unspecified atom stereocenters. The van der Waals surface area contributed by atoms with E-state index < -0.39 is 5.91 Å². The van der Waals surface area contributed by atoms with Gasteiger partial charge in [0.15, 0.2) is 4.96 Å². The zero-order chi connectivity index (χ0) is 15.0. The first kappa shape index (κ1) is 13.3. The number of carbonyl (C=O) groups excluding carboxylic acids is 1. The van der Waals surface area contributed by atoms with Crippen molar-refractivity contribution in [2.24, 2.45) is 0 Å². The molecule has 0 fully saturated rings. The lowest BCUT2D eigenvalue weighted by Gasteiger charge is -2.12. The Morgan fingerprint density at radius 3 is 3.00 bits per heavy atom. The van der Waals surface area contributed by atoms with Crippen molar-refractivity contribution < 1.29 is 4.79 Å². The second kappa shape index (κ2) is 5.04. The Morgan fingerprint density at radius 1 is 1.48 bits per heavy atom. The Morgan fingerprint density at radius 2 is 2.24 bits per heavy atom. The maximum Gasteiger partial charge on any atom is 0.271 e. The second-order valence-electron chi connectivity index (χ2n) is 4.53. The summed E-state index contributed by atoms with van der Waals surface area (Å²) in [5.74, 6) is 1.96. The Labute approximate surface area is 124 Å². The highest BCUT2D eigenvalue weighted by molar-refractivity contribution is 7.23. The first-order chi connectivity index (χ1) is 10.1. The molecule has 1 aromatic carbocycles. The van der Waals surface area contributed by atoms with Gasteiger partial charge < -0.3 is 4.90 Å². The number of para-hydroxylation sites is 1. The van der Waals surface area contributed by atoms with Gasteiger partial charge in [-0.25, -0.2) is 4.98 Å². The normalized spacial score (nSPS) is 10.7. The molecule has 2 aromatic heterocycles. The summed E-state index contributed by atoms with van der Waals surface area (Å²) in [5, 5.41) is 0. The van der Waals surface area contributed by atoms with Crippen LogP contribution in [-0.4, -0.2) is 33.8 Å². The van der Waals surface area contributed by atoms with Crippen LogP contribution in [0.3, 0.4) is 0 Å². The van der Waals surface area contributed by atoms with Gasteiger partial charge in [-0.05, 0) is 12.1 Å². The highest BCUT2D eigenvalue weighted by atomic mass is 32.1. The summed E-state index contributed by atoms with van der Waals surface area (Å²) < 4.78 is 2.42. The third-order valence-electron chi connectivity index (χ3n) is 3.14. The van der Waals surface area contributed by atoms with Crippen molar-refractivity contribution in [2.45, 2.75) is 0 Å². The molecule has 0 radical (unpaired) electrons. The number of nitrogens with zero attached hydrogens (tertiary/aromatic N) is 3. The third-order valence-corrected chi connectivity index (χ3v) is 4.18. The standard InChI is InChI=1S/C15H11N3O2S/c1-3-8-17(2)13(19)10-9-16-15-18(14(10)20)11-6-4-5-7-12(11)21-15/h1,4-7,9H,8H2,2H3. The Balaban J connectivity index is 2.25. The summed E-state index contributed by atoms with van der Waals surface area (Å²) in [5.41, 5.74) is 0.407. The minimum Gasteiger partial charge on any atom is -0.330 e. The lowest BCUT2D eigenvalue weighted by atomic mass is 10.3. The third kappa shape index (κ3) is 2.08. The number of hydrogen-bond acceptors (Lipinski definition) is 4. The van der Waals surface area contributed by atoms with Gasteiger partial charge in [0.05, 0.1) is 16.8 Å². The number of thiazole rings is 1. The first-order valence-electron chi connectivity index (χ1n) is 6.21. The molecule has 21 heavy (non-hydrogen) atoms. The van der Waals surface area contributed by atoms with Gasteiger partial charge in [-0.15, -0.1) is 6.42 Å². The molecule has 3 aromatic rings. The van der Waals surface area contributed by atoms with Crippen LogP contribution in [0.15, 0.2) is 35.3 Å². The van der Waals surface area contributed by atoms with E-state index in [9.17, 15) is 9.59 Å². The number of terminal acetylenes is 1. The first-order valence-corrected chi connectivity index (χ1v) is 7.03. The molecule has 0 aliphatic heterocycles. The van der Waals surface area contributed by atoms with E-state index in [1.807, 2.05) is 24.3 Å². The molecule has 104 valence electrons. The molecule has 0 saturated heterocycles. The lowest BCUT2D eigenvalue weighted by Crippen LogP contribution is -2.33. The van der Waals surface area contributed by atoms with Gasteiger partial charge in [-0.3, -0.25) is 14.0 Å². The van der Waals surface area contributed by atoms with Gasteiger partial charge >= 0.3 is 0 Å². The van der Waals surface area contributed by atoms with E-state index in [1.54, 1.807) is 7.05 Å². The number of carbonyl (C=O) groups is 1. The van der Waals surface area contributed by atoms with Crippen LogP contribution in [-0.2, 0) is 0 Å². The molecule has 0 N–H and O–H groups in total. The van der Waals surface area contributed by atoms with E-state index in [4.69, 9.17) is 6.42 Å². The Bertz CT molecular complexity index is 949. The number of amides is 1. The largest absolute Gasteiger partial charge is 0.330 e. The molecule has 0 atom stereocenters. The number of rotatable bonds is 2. The molecule has 0 saturated carbocycles. The van der Waals surface area contributed by atoms with Crippen LogP contribution in [0.2, 0.25) is 0 Å². The van der Waals surface area contributed by atoms with Gasteiger partial charge in [-0.2, -0.15) is 0 Å². The Hall–Kier alpha value is -2.65. The molecule has 1 amide bonds. The summed E-state index contributed by atoms with van der Waals surface area (Å²) in [6, 6.07) is 7.50. The van der Waals surface area contributed by atoms with E-state index in [2.05, 4.69) is 10.9 Å². The average Bonchev–Trinajstić information content (AvgIpc) is 2.86. The van der Waals surface area contributed by atoms with E-state index in [1.165, 1.54) is 26.8 Å². The summed E-state index contributed by atoms with van der Waals surface area (Å²) >= 11 is 1.41. The van der Waals surface area contributed by atoms with E-state index in [-0.39, 0.29) is 17.7 Å². The SMILES string of the molecule is C#CCN(C)C(=O)c1cnc2sc3ccccc3n2c1=O. The monoisotopic (exact) mass is 297 g/mol. The second-order valence-corrected chi connectivity index (χ2v) is 5.54. The summed E-state index contributed by atoms with van der Waals surface area (Å²) in [7, 11) is 1.56. The van der Waals surface area contributed by atoms with E-state index >= 15 is 0 Å². The van der Waals surface area contributed by atoms with Crippen LogP contribution >= 0.6 is 11.3 Å². The van der Waals surface area contributed by atoms with E-state index in [0.29, 0.717) is 4.96 Å². The number of benzene rings is 1. The highest BCUT2D eigenvalue weighted by Crippen LogP contribution is 2.23. The van der Waals surface area contributed by atoms with Crippen molar-refractivity contribution in [3.05, 3.63) is 46.4 Å². The highest BCUT2D eigenvalue weighted by Gasteiger charge is 2.18. The minimum atomic E-state index is -0.421. The minimum absolute atomic E-state index is 0.0220. The van der Waals surface area contributed by atoms with Crippen molar-refractivity contribution in [2.75, 3.05) is 13.6 Å². The maximum absolute atomic E-state index is 12.6. The zero-order valence-electron chi connectivity index (χ0n) is 11.2. The fourth-order valence-electron chi connectivity index (χ4n) is 2.11. The quantitative estimate of drug-likeness (QED) is 0.675. The summed E-state index contributed by atoms with van der Waals surface area (Å²) in [4.78, 5) is 30.9. The molecule has 0 aliphatic rings. The number of fused-ring (bicyclic) bond motifs is 3. The summed E-state index contributed by atoms with van der Waals surface area (Å²) in [6.07, 6.45) is 6.51. The molecular weight excluding hydrogens is 286 g/mol. The van der Waals surface area contributed by atoms with Gasteiger partial charge in [0, 0.05) is 13.2 Å². The number of aromatic nitrogens is 2. The van der Waals surface area contributed by atoms with Crippen LogP contribution in [0.1, 0.15) is 10.4 Å². The molecular formula is C15H11N3O2S. The molecule has 0 spiro atoms. The van der Waals surface area contributed by atoms with Gasteiger partial charge in [0.2, 0.25) is 0 Å². The maximum atomic E-state index is 12.6. The predicted molar refractivity (Wildman–Crippen MR) is 82.6 cm³/mol. The fourth-order valence-corrected chi connectivity index (χ4v) is 3.10. The van der Waals surface area contributed by atoms with Crippen LogP contribution in [0, 0.1) is 12.3 Å². The van der Waals surface area contributed by atoms with Gasteiger partial charge in [-0.1, -0.05) is 29.4 Å². The molecule has 6 heteroatoms. The van der Waals surface area contributed by atoms with Crippen molar-refractivity contribution in [3.63, 3.8) is 0 Å². The molecule has 5 nitrogen and oxygen atoms in total. The van der Waals surface area contributed by atoms with Crippen molar-refractivity contribution in [3.8, 4) is 12.3 Å². The molecule has 3 rings (SSSR count). The molecule has 0 bridgehead atoms. The molecule has 2 heterocycles. The topological polar surface area (TPSA) is 54.7 Å². The van der Waals surface area contributed by atoms with Crippen LogP contribution < -0.4 is 5.56 Å². The fraction of sp³-hybridized carbons (Fsp3) is 0.133. The number of hydrogen-bond donors (Lipinski definition) is 0. The Kier molecular flexibility index (Phi) is 3.20. The van der Waals surface area contributed by atoms with Crippen molar-refractivity contribution in [1.82, 2.24) is 14.3 Å².